The normalized spacial score (nSPS) is 14.4. The molecule has 0 bridgehead atoms. The van der Waals surface area contributed by atoms with Gasteiger partial charge in [0.15, 0.2) is 0 Å². The lowest BCUT2D eigenvalue weighted by Crippen LogP contribution is -2.35. The maximum absolute atomic E-state index is 5.39. The maximum atomic E-state index is 5.39. The number of fused-ring (bicyclic) bond motifs is 1. The second kappa shape index (κ2) is 7.34. The summed E-state index contributed by atoms with van der Waals surface area (Å²) in [5.41, 5.74) is 4.96. The Morgan fingerprint density at radius 2 is 1.17 bits per heavy atom. The van der Waals surface area contributed by atoms with Crippen molar-refractivity contribution in [1.82, 2.24) is 0 Å². The molecule has 0 aliphatic carbocycles. The number of anilines is 1. The highest BCUT2D eigenvalue weighted by molar-refractivity contribution is 9.10. The zero-order chi connectivity index (χ0) is 19.7. The molecule has 1 aliphatic rings. The maximum Gasteiger partial charge on any atom is 0.140 e. The number of nitrogens with zero attached hydrogens (tertiary/aromatic N) is 1. The van der Waals surface area contributed by atoms with E-state index in [1.165, 1.54) is 0 Å². The first-order valence-corrected chi connectivity index (χ1v) is 10.4. The second-order valence-electron chi connectivity index (χ2n) is 7.08. The molecule has 3 heteroatoms. The molecule has 5 rings (SSSR count). The average Bonchev–Trinajstić information content (AvgIpc) is 2.80. The van der Waals surface area contributed by atoms with E-state index in [9.17, 15) is 0 Å². The Bertz CT molecular complexity index is 1130. The standard InChI is InChI=1S/C26H19BrN2/c27-22-17-15-19(16-18-22)25-28-24-14-8-7-13-23(24)26(29-25,20-9-3-1-4-10-20)21-11-5-2-6-12-21/h1-18H,(H,28,29). The molecular weight excluding hydrogens is 420 g/mol. The first-order valence-electron chi connectivity index (χ1n) is 9.61. The van der Waals surface area contributed by atoms with Crippen molar-refractivity contribution in [1.29, 1.82) is 0 Å². The van der Waals surface area contributed by atoms with Gasteiger partial charge in [0.1, 0.15) is 11.4 Å². The zero-order valence-corrected chi connectivity index (χ0v) is 17.3. The van der Waals surface area contributed by atoms with Crippen molar-refractivity contribution >= 4 is 27.5 Å². The van der Waals surface area contributed by atoms with Crippen LogP contribution in [-0.2, 0) is 5.54 Å². The first kappa shape index (κ1) is 17.9. The minimum atomic E-state index is -0.618. The topological polar surface area (TPSA) is 24.4 Å². The van der Waals surface area contributed by atoms with Gasteiger partial charge in [-0.2, -0.15) is 0 Å². The molecular formula is C26H19BrN2. The summed E-state index contributed by atoms with van der Waals surface area (Å²) in [4.78, 5) is 5.39. The third kappa shape index (κ3) is 3.08. The predicted molar refractivity (Wildman–Crippen MR) is 124 cm³/mol. The molecule has 2 nitrogen and oxygen atoms in total. The SMILES string of the molecule is Brc1ccc(C2=NC(c3ccccc3)(c3ccccc3)c3ccccc3N2)cc1. The summed E-state index contributed by atoms with van der Waals surface area (Å²) >= 11 is 3.53. The average molecular weight is 439 g/mol. The molecule has 4 aromatic rings. The molecule has 0 spiro atoms. The van der Waals surface area contributed by atoms with Gasteiger partial charge in [-0.1, -0.05) is 107 Å². The van der Waals surface area contributed by atoms with Gasteiger partial charge < -0.3 is 5.32 Å². The number of hydrogen-bond donors (Lipinski definition) is 1. The van der Waals surface area contributed by atoms with Gasteiger partial charge >= 0.3 is 0 Å². The lowest BCUT2D eigenvalue weighted by molar-refractivity contribution is 0.652. The number of rotatable bonds is 3. The van der Waals surface area contributed by atoms with Crippen LogP contribution in [0.1, 0.15) is 22.3 Å². The minimum Gasteiger partial charge on any atom is -0.340 e. The van der Waals surface area contributed by atoms with E-state index in [0.717, 1.165) is 38.2 Å². The van der Waals surface area contributed by atoms with Crippen LogP contribution in [0.2, 0.25) is 0 Å². The van der Waals surface area contributed by atoms with E-state index in [2.05, 4.69) is 118 Å². The van der Waals surface area contributed by atoms with Gasteiger partial charge in [-0.15, -0.1) is 0 Å². The van der Waals surface area contributed by atoms with Crippen LogP contribution in [0.25, 0.3) is 0 Å². The molecule has 0 unspecified atom stereocenters. The third-order valence-electron chi connectivity index (χ3n) is 5.35. The van der Waals surface area contributed by atoms with Crippen LogP contribution >= 0.6 is 15.9 Å². The molecule has 1 N–H and O–H groups in total. The summed E-state index contributed by atoms with van der Waals surface area (Å²) in [6, 6.07) is 37.8. The molecule has 0 aromatic heterocycles. The number of amidine groups is 1. The molecule has 4 aromatic carbocycles. The summed E-state index contributed by atoms with van der Waals surface area (Å²) < 4.78 is 1.05. The van der Waals surface area contributed by atoms with Crippen molar-refractivity contribution in [3.8, 4) is 0 Å². The van der Waals surface area contributed by atoms with Crippen molar-refractivity contribution in [2.75, 3.05) is 5.32 Å². The Labute approximate surface area is 179 Å². The lowest BCUT2D eigenvalue weighted by Gasteiger charge is -2.38. The Morgan fingerprint density at radius 3 is 1.79 bits per heavy atom. The van der Waals surface area contributed by atoms with Crippen LogP contribution in [-0.4, -0.2) is 5.84 Å². The molecule has 0 radical (unpaired) electrons. The number of para-hydroxylation sites is 1. The van der Waals surface area contributed by atoms with E-state index in [4.69, 9.17) is 4.99 Å². The fraction of sp³-hybridized carbons (Fsp3) is 0.0385. The van der Waals surface area contributed by atoms with Crippen molar-refractivity contribution < 1.29 is 0 Å². The number of benzene rings is 4. The molecule has 1 heterocycles. The van der Waals surface area contributed by atoms with Crippen molar-refractivity contribution in [3.05, 3.63) is 136 Å². The summed E-state index contributed by atoms with van der Waals surface area (Å²) in [5.74, 6) is 0.865. The Balaban J connectivity index is 1.84. The Morgan fingerprint density at radius 1 is 0.621 bits per heavy atom. The highest BCUT2D eigenvalue weighted by atomic mass is 79.9. The van der Waals surface area contributed by atoms with E-state index in [1.807, 2.05) is 12.1 Å². The molecule has 0 saturated carbocycles. The van der Waals surface area contributed by atoms with Crippen LogP contribution in [0, 0.1) is 0 Å². The second-order valence-corrected chi connectivity index (χ2v) is 8.00. The van der Waals surface area contributed by atoms with Crippen LogP contribution in [0.15, 0.2) is 119 Å². The summed E-state index contributed by atoms with van der Waals surface area (Å²) in [5, 5.41) is 3.56. The Hall–Kier alpha value is -3.17. The van der Waals surface area contributed by atoms with Crippen LogP contribution in [0.3, 0.4) is 0 Å². The van der Waals surface area contributed by atoms with Crippen LogP contribution in [0.5, 0.6) is 0 Å². The van der Waals surface area contributed by atoms with Crippen molar-refractivity contribution in [2.45, 2.75) is 5.54 Å². The predicted octanol–water partition coefficient (Wildman–Crippen LogP) is 6.61. The highest BCUT2D eigenvalue weighted by Gasteiger charge is 2.40. The van der Waals surface area contributed by atoms with Gasteiger partial charge in [-0.3, -0.25) is 0 Å². The summed E-state index contributed by atoms with van der Waals surface area (Å²) in [6.07, 6.45) is 0. The van der Waals surface area contributed by atoms with Crippen LogP contribution in [0.4, 0.5) is 5.69 Å². The van der Waals surface area contributed by atoms with Crippen LogP contribution < -0.4 is 5.32 Å². The minimum absolute atomic E-state index is 0.618. The summed E-state index contributed by atoms with van der Waals surface area (Å²) in [6.45, 7) is 0. The van der Waals surface area contributed by atoms with E-state index in [1.54, 1.807) is 0 Å². The summed E-state index contributed by atoms with van der Waals surface area (Å²) in [7, 11) is 0. The van der Waals surface area contributed by atoms with Gasteiger partial charge in [-0.05, 0) is 29.3 Å². The fourth-order valence-corrected chi connectivity index (χ4v) is 4.27. The van der Waals surface area contributed by atoms with Gasteiger partial charge in [0.25, 0.3) is 0 Å². The Kier molecular flexibility index (Phi) is 4.53. The van der Waals surface area contributed by atoms with E-state index >= 15 is 0 Å². The van der Waals surface area contributed by atoms with E-state index in [0.29, 0.717) is 0 Å². The third-order valence-corrected chi connectivity index (χ3v) is 5.88. The molecule has 0 atom stereocenters. The molecule has 0 fully saturated rings. The smallest absolute Gasteiger partial charge is 0.140 e. The van der Waals surface area contributed by atoms with Gasteiger partial charge in [0.2, 0.25) is 0 Å². The van der Waals surface area contributed by atoms with Gasteiger partial charge in [0, 0.05) is 21.3 Å². The number of nitrogens with one attached hydrogen (secondary N) is 1. The van der Waals surface area contributed by atoms with Gasteiger partial charge in [0.05, 0.1) is 0 Å². The highest BCUT2D eigenvalue weighted by Crippen LogP contribution is 2.46. The van der Waals surface area contributed by atoms with E-state index < -0.39 is 5.54 Å². The van der Waals surface area contributed by atoms with Gasteiger partial charge in [-0.25, -0.2) is 4.99 Å². The van der Waals surface area contributed by atoms with Crippen molar-refractivity contribution in [2.24, 2.45) is 4.99 Å². The monoisotopic (exact) mass is 438 g/mol. The van der Waals surface area contributed by atoms with Crippen molar-refractivity contribution in [3.63, 3.8) is 0 Å². The molecule has 140 valence electrons. The zero-order valence-electron chi connectivity index (χ0n) is 15.7. The lowest BCUT2D eigenvalue weighted by atomic mass is 9.76. The number of aliphatic imine (C=N–C) groups is 1. The number of halogens is 1. The molecule has 0 amide bonds. The number of hydrogen-bond acceptors (Lipinski definition) is 2. The molecule has 29 heavy (non-hydrogen) atoms. The molecule has 1 aliphatic heterocycles. The quantitative estimate of drug-likeness (QED) is 0.382. The van der Waals surface area contributed by atoms with E-state index in [-0.39, 0.29) is 0 Å². The first-order chi connectivity index (χ1) is 14.3. The molecule has 0 saturated heterocycles. The largest absolute Gasteiger partial charge is 0.340 e. The fourth-order valence-electron chi connectivity index (χ4n) is 4.00.